The molecule has 1 aromatic heterocycles. The van der Waals surface area contributed by atoms with E-state index in [2.05, 4.69) is 0 Å². The van der Waals surface area contributed by atoms with Gasteiger partial charge in [-0.15, -0.1) is 0 Å². The molecule has 1 amide bonds. The number of fused-ring (bicyclic) bond motifs is 1. The van der Waals surface area contributed by atoms with E-state index in [1.165, 1.54) is 4.90 Å². The Hall–Kier alpha value is -3.12. The third-order valence-electron chi connectivity index (χ3n) is 5.39. The highest BCUT2D eigenvalue weighted by atomic mass is 35.5. The van der Waals surface area contributed by atoms with Crippen molar-refractivity contribution < 1.29 is 14.7 Å². The Morgan fingerprint density at radius 3 is 2.45 bits per heavy atom. The number of aromatic nitrogens is 1. The van der Waals surface area contributed by atoms with Crippen molar-refractivity contribution in [3.63, 3.8) is 0 Å². The number of nitrogens with zero attached hydrogens (tertiary/aromatic N) is 2. The number of halogens is 1. The highest BCUT2D eigenvalue weighted by molar-refractivity contribution is 6.31. The van der Waals surface area contributed by atoms with E-state index >= 15 is 0 Å². The zero-order valence-corrected chi connectivity index (χ0v) is 18.7. The quantitative estimate of drug-likeness (QED) is 0.602. The van der Waals surface area contributed by atoms with E-state index in [0.29, 0.717) is 28.4 Å². The largest absolute Gasteiger partial charge is 0.481 e. The molecule has 3 aromatic rings. The van der Waals surface area contributed by atoms with Crippen LogP contribution in [0.15, 0.2) is 47.3 Å². The van der Waals surface area contributed by atoms with Gasteiger partial charge in [-0.05, 0) is 60.4 Å². The molecule has 7 heteroatoms. The number of amides is 1. The van der Waals surface area contributed by atoms with Gasteiger partial charge in [-0.2, -0.15) is 0 Å². The number of hydrogen-bond donors (Lipinski definition) is 1. The maximum absolute atomic E-state index is 13.2. The van der Waals surface area contributed by atoms with Crippen LogP contribution in [0.4, 0.5) is 5.69 Å². The van der Waals surface area contributed by atoms with Crippen LogP contribution in [0.5, 0.6) is 0 Å². The number of pyridine rings is 1. The number of carboxylic acids is 1. The van der Waals surface area contributed by atoms with Crippen LogP contribution in [0.25, 0.3) is 10.9 Å². The first-order chi connectivity index (χ1) is 14.6. The normalized spacial score (nSPS) is 11.2. The molecule has 1 N–H and O–H groups in total. The number of benzene rings is 2. The van der Waals surface area contributed by atoms with Crippen LogP contribution in [0, 0.1) is 0 Å². The molecule has 0 aliphatic heterocycles. The van der Waals surface area contributed by atoms with E-state index in [0.717, 1.165) is 16.5 Å². The van der Waals surface area contributed by atoms with Gasteiger partial charge < -0.3 is 14.6 Å². The average Bonchev–Trinajstić information content (AvgIpc) is 2.73. The topological polar surface area (TPSA) is 79.6 Å². The number of carbonyl (C=O) groups excluding carboxylic acids is 1. The lowest BCUT2D eigenvalue weighted by molar-refractivity contribution is -0.136. The Bertz CT molecular complexity index is 1230. The summed E-state index contributed by atoms with van der Waals surface area (Å²) >= 11 is 6.10. The van der Waals surface area contributed by atoms with Crippen molar-refractivity contribution in [2.45, 2.75) is 39.7 Å². The van der Waals surface area contributed by atoms with Gasteiger partial charge in [0.1, 0.15) is 0 Å². The van der Waals surface area contributed by atoms with E-state index in [1.54, 1.807) is 41.9 Å². The van der Waals surface area contributed by atoms with Crippen molar-refractivity contribution in [3.05, 3.63) is 74.5 Å². The molecule has 6 nitrogen and oxygen atoms in total. The predicted octanol–water partition coefficient (Wildman–Crippen LogP) is 4.70. The molecular formula is C24H25ClN2O4. The van der Waals surface area contributed by atoms with E-state index in [9.17, 15) is 14.4 Å². The molecule has 2 aromatic carbocycles. The summed E-state index contributed by atoms with van der Waals surface area (Å²) in [6.45, 7) is 6.49. The van der Waals surface area contributed by atoms with E-state index in [1.807, 2.05) is 32.9 Å². The van der Waals surface area contributed by atoms with Crippen LogP contribution in [0.2, 0.25) is 5.02 Å². The molecule has 0 aliphatic rings. The second kappa shape index (κ2) is 8.94. The summed E-state index contributed by atoms with van der Waals surface area (Å²) in [5.41, 5.74) is 3.12. The number of carbonyl (C=O) groups is 2. The number of anilines is 1. The van der Waals surface area contributed by atoms with E-state index < -0.39 is 5.97 Å². The molecule has 0 bridgehead atoms. The number of rotatable bonds is 6. The molecule has 31 heavy (non-hydrogen) atoms. The Morgan fingerprint density at radius 1 is 1.13 bits per heavy atom. The highest BCUT2D eigenvalue weighted by Crippen LogP contribution is 2.27. The van der Waals surface area contributed by atoms with Gasteiger partial charge in [0, 0.05) is 41.3 Å². The fraction of sp³-hybridized carbons (Fsp3) is 0.292. The number of aryl methyl sites for hydroxylation is 1. The van der Waals surface area contributed by atoms with Crippen molar-refractivity contribution in [1.82, 2.24) is 4.57 Å². The van der Waals surface area contributed by atoms with Crippen molar-refractivity contribution in [1.29, 1.82) is 0 Å². The standard InChI is InChI=1S/C24H25ClN2O4/c1-5-27-21-9-6-15(11-19(21)18(14(2)3)13-22(27)28)24(31)26(4)17-7-8-20(25)16(10-17)12-23(29)30/h6-11,13-14H,5,12H2,1-4H3,(H,29,30). The monoisotopic (exact) mass is 440 g/mol. The van der Waals surface area contributed by atoms with Gasteiger partial charge >= 0.3 is 5.97 Å². The third-order valence-corrected chi connectivity index (χ3v) is 5.76. The molecule has 0 spiro atoms. The molecule has 162 valence electrons. The molecule has 3 rings (SSSR count). The zero-order valence-electron chi connectivity index (χ0n) is 18.0. The summed E-state index contributed by atoms with van der Waals surface area (Å²) in [5, 5.41) is 10.3. The van der Waals surface area contributed by atoms with Crippen LogP contribution >= 0.6 is 11.6 Å². The number of aliphatic carboxylic acids is 1. The van der Waals surface area contributed by atoms with Crippen LogP contribution in [-0.2, 0) is 17.8 Å². The second-order valence-corrected chi connectivity index (χ2v) is 8.19. The fourth-order valence-electron chi connectivity index (χ4n) is 3.73. The van der Waals surface area contributed by atoms with Crippen LogP contribution in [0.3, 0.4) is 0 Å². The lowest BCUT2D eigenvalue weighted by Crippen LogP contribution is -2.26. The minimum Gasteiger partial charge on any atom is -0.481 e. The maximum atomic E-state index is 13.2. The molecule has 0 saturated heterocycles. The fourth-order valence-corrected chi connectivity index (χ4v) is 3.91. The third kappa shape index (κ3) is 4.49. The Kier molecular flexibility index (Phi) is 6.51. The van der Waals surface area contributed by atoms with Crippen LogP contribution < -0.4 is 10.5 Å². The molecule has 0 atom stereocenters. The Morgan fingerprint density at radius 2 is 1.84 bits per heavy atom. The van der Waals surface area contributed by atoms with Gasteiger partial charge in [0.25, 0.3) is 11.5 Å². The molecular weight excluding hydrogens is 416 g/mol. The van der Waals surface area contributed by atoms with E-state index in [4.69, 9.17) is 16.7 Å². The lowest BCUT2D eigenvalue weighted by atomic mass is 9.97. The second-order valence-electron chi connectivity index (χ2n) is 7.78. The van der Waals surface area contributed by atoms with Gasteiger partial charge in [0.2, 0.25) is 0 Å². The molecule has 0 saturated carbocycles. The maximum Gasteiger partial charge on any atom is 0.307 e. The molecule has 0 aliphatic carbocycles. The SMILES string of the molecule is CCn1c(=O)cc(C(C)C)c2cc(C(=O)N(C)c3ccc(Cl)c(CC(=O)O)c3)ccc21. The lowest BCUT2D eigenvalue weighted by Gasteiger charge is -2.20. The highest BCUT2D eigenvalue weighted by Gasteiger charge is 2.18. The first-order valence-corrected chi connectivity index (χ1v) is 10.5. The molecule has 0 fully saturated rings. The van der Waals surface area contributed by atoms with E-state index in [-0.39, 0.29) is 23.8 Å². The molecule has 1 heterocycles. The summed E-state index contributed by atoms with van der Waals surface area (Å²) in [7, 11) is 1.64. The van der Waals surface area contributed by atoms with Crippen LogP contribution in [-0.4, -0.2) is 28.6 Å². The summed E-state index contributed by atoms with van der Waals surface area (Å²) < 4.78 is 1.69. The molecule has 0 unspecified atom stereocenters. The Labute approximate surface area is 185 Å². The smallest absolute Gasteiger partial charge is 0.307 e. The van der Waals surface area contributed by atoms with Gasteiger partial charge in [-0.3, -0.25) is 14.4 Å². The van der Waals surface area contributed by atoms with Crippen molar-refractivity contribution in [2.75, 3.05) is 11.9 Å². The first-order valence-electron chi connectivity index (χ1n) is 10.1. The predicted molar refractivity (Wildman–Crippen MR) is 123 cm³/mol. The minimum atomic E-state index is -0.995. The Balaban J connectivity index is 2.06. The van der Waals surface area contributed by atoms with Gasteiger partial charge in [-0.25, -0.2) is 0 Å². The summed E-state index contributed by atoms with van der Waals surface area (Å²) in [4.78, 5) is 38.2. The molecule has 0 radical (unpaired) electrons. The average molecular weight is 441 g/mol. The van der Waals surface area contributed by atoms with Crippen LogP contribution in [0.1, 0.15) is 48.2 Å². The van der Waals surface area contributed by atoms with Crippen molar-refractivity contribution in [3.8, 4) is 0 Å². The van der Waals surface area contributed by atoms with Crippen molar-refractivity contribution >= 4 is 40.1 Å². The van der Waals surface area contributed by atoms with Gasteiger partial charge in [0.05, 0.1) is 11.9 Å². The zero-order chi connectivity index (χ0) is 22.9. The summed E-state index contributed by atoms with van der Waals surface area (Å²) in [6, 6.07) is 11.9. The first kappa shape index (κ1) is 22.6. The number of carboxylic acid groups (broad SMARTS) is 1. The minimum absolute atomic E-state index is 0.0537. The summed E-state index contributed by atoms with van der Waals surface area (Å²) in [6.07, 6.45) is -0.225. The van der Waals surface area contributed by atoms with Gasteiger partial charge in [0.15, 0.2) is 0 Å². The number of hydrogen-bond acceptors (Lipinski definition) is 3. The van der Waals surface area contributed by atoms with Crippen molar-refractivity contribution in [2.24, 2.45) is 0 Å². The summed E-state index contributed by atoms with van der Waals surface area (Å²) in [5.74, 6) is -1.11. The van der Waals surface area contributed by atoms with Gasteiger partial charge in [-0.1, -0.05) is 25.4 Å².